The molecule has 10 heteroatoms. The average molecular weight is 441 g/mol. The van der Waals surface area contributed by atoms with Crippen molar-refractivity contribution in [3.63, 3.8) is 0 Å². The highest BCUT2D eigenvalue weighted by Crippen LogP contribution is 2.18. The lowest BCUT2D eigenvalue weighted by molar-refractivity contribution is 0.0735. The van der Waals surface area contributed by atoms with Gasteiger partial charge in [-0.2, -0.15) is 0 Å². The van der Waals surface area contributed by atoms with Crippen molar-refractivity contribution in [2.24, 2.45) is 0 Å². The van der Waals surface area contributed by atoms with Crippen LogP contribution in [0.15, 0.2) is 60.7 Å². The molecule has 0 aliphatic heterocycles. The number of aromatic nitrogens is 6. The number of fused-ring (bicyclic) bond motifs is 2. The minimum atomic E-state index is 0.332. The largest absolute Gasteiger partial charge is 0.390 e. The zero-order valence-corrected chi connectivity index (χ0v) is 17.0. The van der Waals surface area contributed by atoms with Gasteiger partial charge in [-0.15, -0.1) is 10.2 Å². The van der Waals surface area contributed by atoms with Gasteiger partial charge in [0.25, 0.3) is 0 Å². The highest BCUT2D eigenvalue weighted by molar-refractivity contribution is 6.31. The SMILES string of the molecule is Clc1ccc2nnn(OCc3ccc(COn4nnc5ccc(Cl)cc54)cc3)c2c1. The molecule has 0 atom stereocenters. The normalized spacial score (nSPS) is 11.3. The van der Waals surface area contributed by atoms with Gasteiger partial charge in [0.05, 0.1) is 0 Å². The molecule has 0 aliphatic rings. The topological polar surface area (TPSA) is 79.9 Å². The summed E-state index contributed by atoms with van der Waals surface area (Å²) < 4.78 is 0. The molecule has 5 rings (SSSR count). The summed E-state index contributed by atoms with van der Waals surface area (Å²) in [4.78, 5) is 14.2. The first kappa shape index (κ1) is 18.7. The van der Waals surface area contributed by atoms with E-state index < -0.39 is 0 Å². The van der Waals surface area contributed by atoms with Crippen LogP contribution in [0.3, 0.4) is 0 Å². The monoisotopic (exact) mass is 440 g/mol. The molecule has 0 saturated heterocycles. The Labute approximate surface area is 180 Å². The molecule has 0 radical (unpaired) electrons. The summed E-state index contributed by atoms with van der Waals surface area (Å²) in [5.74, 6) is 0. The molecule has 0 saturated carbocycles. The number of benzene rings is 3. The summed E-state index contributed by atoms with van der Waals surface area (Å²) in [6.45, 7) is 0.663. The number of hydrogen-bond acceptors (Lipinski definition) is 6. The van der Waals surface area contributed by atoms with E-state index in [4.69, 9.17) is 32.9 Å². The van der Waals surface area contributed by atoms with Gasteiger partial charge < -0.3 is 9.68 Å². The van der Waals surface area contributed by atoms with Gasteiger partial charge in [0.15, 0.2) is 0 Å². The van der Waals surface area contributed by atoms with Crippen LogP contribution in [0.2, 0.25) is 10.0 Å². The van der Waals surface area contributed by atoms with Crippen LogP contribution in [0.25, 0.3) is 22.1 Å². The zero-order valence-electron chi connectivity index (χ0n) is 15.4. The van der Waals surface area contributed by atoms with Crippen LogP contribution < -0.4 is 9.68 Å². The molecule has 0 N–H and O–H groups in total. The predicted molar refractivity (Wildman–Crippen MR) is 112 cm³/mol. The van der Waals surface area contributed by atoms with E-state index in [1.807, 2.05) is 24.3 Å². The fourth-order valence-electron chi connectivity index (χ4n) is 2.94. The molecule has 8 nitrogen and oxygen atoms in total. The van der Waals surface area contributed by atoms with Crippen LogP contribution in [0.1, 0.15) is 11.1 Å². The van der Waals surface area contributed by atoms with Crippen LogP contribution in [0.4, 0.5) is 0 Å². The lowest BCUT2D eigenvalue weighted by Crippen LogP contribution is -2.14. The van der Waals surface area contributed by atoms with Crippen LogP contribution in [-0.4, -0.2) is 30.3 Å². The molecule has 0 unspecified atom stereocenters. The lowest BCUT2D eigenvalue weighted by Gasteiger charge is -2.08. The van der Waals surface area contributed by atoms with E-state index in [9.17, 15) is 0 Å². The number of rotatable bonds is 6. The summed E-state index contributed by atoms with van der Waals surface area (Å²) in [5, 5.41) is 17.3. The smallest absolute Gasteiger partial charge is 0.142 e. The second kappa shape index (κ2) is 7.81. The quantitative estimate of drug-likeness (QED) is 0.400. The molecule has 0 bridgehead atoms. The van der Waals surface area contributed by atoms with Crippen LogP contribution in [0.5, 0.6) is 0 Å². The second-order valence-electron chi connectivity index (χ2n) is 6.55. The summed E-state index contributed by atoms with van der Waals surface area (Å²) in [7, 11) is 0. The van der Waals surface area contributed by atoms with E-state index in [1.54, 1.807) is 36.4 Å². The molecule has 5 aromatic rings. The van der Waals surface area contributed by atoms with Gasteiger partial charge in [-0.3, -0.25) is 0 Å². The maximum Gasteiger partial charge on any atom is 0.142 e. The van der Waals surface area contributed by atoms with Crippen molar-refractivity contribution < 1.29 is 9.68 Å². The van der Waals surface area contributed by atoms with Crippen molar-refractivity contribution in [2.45, 2.75) is 13.2 Å². The summed E-state index contributed by atoms with van der Waals surface area (Å²) in [5.41, 5.74) is 4.81. The third kappa shape index (κ3) is 3.74. The van der Waals surface area contributed by atoms with E-state index in [2.05, 4.69) is 20.6 Å². The Balaban J connectivity index is 1.23. The standard InChI is InChI=1S/C20H14Cl2N6O2/c21-15-5-7-17-19(9-15)27(25-23-17)29-11-13-1-2-14(4-3-13)12-30-28-20-10-16(22)6-8-18(20)24-26-28/h1-10H,11-12H2. The van der Waals surface area contributed by atoms with Crippen molar-refractivity contribution in [1.29, 1.82) is 0 Å². The van der Waals surface area contributed by atoms with E-state index in [0.29, 0.717) is 45.3 Å². The van der Waals surface area contributed by atoms with Crippen molar-refractivity contribution in [3.8, 4) is 0 Å². The molecule has 0 spiro atoms. The van der Waals surface area contributed by atoms with Crippen molar-refractivity contribution >= 4 is 45.3 Å². The van der Waals surface area contributed by atoms with Gasteiger partial charge >= 0.3 is 0 Å². The van der Waals surface area contributed by atoms with E-state index in [-0.39, 0.29) is 0 Å². The van der Waals surface area contributed by atoms with Crippen molar-refractivity contribution in [2.75, 3.05) is 0 Å². The fourth-order valence-corrected chi connectivity index (χ4v) is 3.27. The van der Waals surface area contributed by atoms with Gasteiger partial charge in [-0.25, -0.2) is 0 Å². The third-order valence-electron chi connectivity index (χ3n) is 4.48. The second-order valence-corrected chi connectivity index (χ2v) is 7.43. The van der Waals surface area contributed by atoms with E-state index in [1.165, 1.54) is 9.69 Å². The maximum absolute atomic E-state index is 6.04. The Morgan fingerprint density at radius 3 is 1.50 bits per heavy atom. The Hall–Kier alpha value is -3.36. The highest BCUT2D eigenvalue weighted by Gasteiger charge is 2.08. The summed E-state index contributed by atoms with van der Waals surface area (Å²) in [6, 6.07) is 18.5. The van der Waals surface area contributed by atoms with Gasteiger partial charge in [0.2, 0.25) is 0 Å². The highest BCUT2D eigenvalue weighted by atomic mass is 35.5. The van der Waals surface area contributed by atoms with Gasteiger partial charge in [0, 0.05) is 10.0 Å². The lowest BCUT2D eigenvalue weighted by atomic mass is 10.1. The zero-order chi connectivity index (χ0) is 20.5. The Kier molecular flexibility index (Phi) is 4.86. The Morgan fingerprint density at radius 2 is 1.07 bits per heavy atom. The molecule has 0 fully saturated rings. The van der Waals surface area contributed by atoms with Crippen molar-refractivity contribution in [1.82, 2.24) is 30.3 Å². The minimum Gasteiger partial charge on any atom is -0.390 e. The first-order chi connectivity index (χ1) is 14.7. The average Bonchev–Trinajstić information content (AvgIpc) is 3.34. The number of hydrogen-bond donors (Lipinski definition) is 0. The van der Waals surface area contributed by atoms with Gasteiger partial charge in [0.1, 0.15) is 35.3 Å². The van der Waals surface area contributed by atoms with Crippen LogP contribution in [-0.2, 0) is 13.2 Å². The van der Waals surface area contributed by atoms with Gasteiger partial charge in [-0.1, -0.05) is 57.2 Å². The Bertz CT molecular complexity index is 1230. The van der Waals surface area contributed by atoms with E-state index >= 15 is 0 Å². The maximum atomic E-state index is 6.04. The van der Waals surface area contributed by atoms with Crippen LogP contribution in [0, 0.1) is 0 Å². The molecule has 2 aromatic heterocycles. The molecule has 30 heavy (non-hydrogen) atoms. The predicted octanol–water partition coefficient (Wildman–Crippen LogP) is 3.74. The molecule has 0 amide bonds. The Morgan fingerprint density at radius 1 is 0.633 bits per heavy atom. The molecule has 0 aliphatic carbocycles. The van der Waals surface area contributed by atoms with Crippen LogP contribution >= 0.6 is 23.2 Å². The first-order valence-corrected chi connectivity index (χ1v) is 9.78. The third-order valence-corrected chi connectivity index (χ3v) is 4.95. The van der Waals surface area contributed by atoms with E-state index in [0.717, 1.165) is 11.1 Å². The molecule has 3 aromatic carbocycles. The molecular formula is C20H14Cl2N6O2. The van der Waals surface area contributed by atoms with Gasteiger partial charge in [-0.05, 0) is 58.0 Å². The molecule has 2 heterocycles. The molecular weight excluding hydrogens is 427 g/mol. The summed E-state index contributed by atoms with van der Waals surface area (Å²) in [6.07, 6.45) is 0. The number of nitrogens with zero attached hydrogens (tertiary/aromatic N) is 6. The fraction of sp³-hybridized carbons (Fsp3) is 0.100. The van der Waals surface area contributed by atoms with Crippen molar-refractivity contribution in [3.05, 3.63) is 81.8 Å². The molecule has 150 valence electrons. The summed E-state index contributed by atoms with van der Waals surface area (Å²) >= 11 is 12.1. The first-order valence-electron chi connectivity index (χ1n) is 9.02. The number of halogens is 2. The minimum absolute atomic E-state index is 0.332.